The third-order valence-corrected chi connectivity index (χ3v) is 7.02. The third kappa shape index (κ3) is 3.88. The van der Waals surface area contributed by atoms with Gasteiger partial charge in [0.05, 0.1) is 4.90 Å². The van der Waals surface area contributed by atoms with E-state index < -0.39 is 10.0 Å². The van der Waals surface area contributed by atoms with Gasteiger partial charge in [0.2, 0.25) is 15.9 Å². The number of nitrogens with zero attached hydrogens (tertiary/aromatic N) is 1. The molecule has 0 aromatic heterocycles. The number of carbonyl (C=O) groups excluding carboxylic acids is 1. The summed E-state index contributed by atoms with van der Waals surface area (Å²) in [6, 6.07) is 10.7. The summed E-state index contributed by atoms with van der Waals surface area (Å²) >= 11 is 0. The van der Waals surface area contributed by atoms with Gasteiger partial charge in [0.1, 0.15) is 17.7 Å². The lowest BCUT2D eigenvalue weighted by Gasteiger charge is -2.31. The van der Waals surface area contributed by atoms with Crippen molar-refractivity contribution in [2.45, 2.75) is 36.7 Å². The second-order valence-corrected chi connectivity index (χ2v) is 8.98. The van der Waals surface area contributed by atoms with Crippen LogP contribution in [0.15, 0.2) is 47.4 Å². The second-order valence-electron chi connectivity index (χ2n) is 7.04. The molecule has 1 N–H and O–H groups in total. The third-order valence-electron chi connectivity index (χ3n) is 5.13. The Morgan fingerprint density at radius 3 is 2.46 bits per heavy atom. The number of ether oxygens (including phenoxy) is 1. The molecule has 4 rings (SSSR count). The number of anilines is 1. The highest BCUT2D eigenvalue weighted by Gasteiger charge is 2.31. The molecule has 148 valence electrons. The molecule has 1 saturated heterocycles. The van der Waals surface area contributed by atoms with Crippen molar-refractivity contribution in [3.05, 3.63) is 53.8 Å². The fourth-order valence-corrected chi connectivity index (χ4v) is 5.09. The summed E-state index contributed by atoms with van der Waals surface area (Å²) in [6.07, 6.45) is 1.94. The summed E-state index contributed by atoms with van der Waals surface area (Å²) in [5.74, 6) is 0.212. The monoisotopic (exact) mass is 404 g/mol. The van der Waals surface area contributed by atoms with Crippen molar-refractivity contribution in [2.75, 3.05) is 18.4 Å². The Morgan fingerprint density at radius 1 is 1.04 bits per heavy atom. The number of amides is 1. The molecule has 0 saturated carbocycles. The van der Waals surface area contributed by atoms with Crippen molar-refractivity contribution in [3.63, 3.8) is 0 Å². The molecule has 1 fully saturated rings. The first-order chi connectivity index (χ1) is 13.4. The molecule has 0 unspecified atom stereocenters. The van der Waals surface area contributed by atoms with Crippen molar-refractivity contribution in [2.24, 2.45) is 0 Å². The van der Waals surface area contributed by atoms with Crippen LogP contribution in [0.2, 0.25) is 0 Å². The van der Waals surface area contributed by atoms with Crippen LogP contribution in [-0.4, -0.2) is 37.8 Å². The molecule has 0 aliphatic carbocycles. The van der Waals surface area contributed by atoms with Crippen molar-refractivity contribution in [1.82, 2.24) is 4.31 Å². The molecule has 1 amide bonds. The van der Waals surface area contributed by atoms with Crippen LogP contribution in [0.25, 0.3) is 0 Å². The smallest absolute Gasteiger partial charge is 0.243 e. The van der Waals surface area contributed by atoms with E-state index in [1.165, 1.54) is 16.4 Å². The zero-order chi connectivity index (χ0) is 19.7. The molecule has 2 aliphatic rings. The highest BCUT2D eigenvalue weighted by molar-refractivity contribution is 7.89. The molecule has 0 spiro atoms. The number of sulfonamides is 1. The van der Waals surface area contributed by atoms with Crippen LogP contribution < -0.4 is 10.1 Å². The van der Waals surface area contributed by atoms with E-state index >= 15 is 0 Å². The molecule has 0 atom stereocenters. The maximum absolute atomic E-state index is 13.0. The zero-order valence-corrected chi connectivity index (χ0v) is 16.0. The molecule has 0 radical (unpaired) electrons. The van der Waals surface area contributed by atoms with Crippen molar-refractivity contribution < 1.29 is 22.3 Å². The highest BCUT2D eigenvalue weighted by Crippen LogP contribution is 2.29. The summed E-state index contributed by atoms with van der Waals surface area (Å²) in [5.41, 5.74) is 1.52. The first-order valence-electron chi connectivity index (χ1n) is 9.27. The van der Waals surface area contributed by atoms with E-state index in [1.54, 1.807) is 30.3 Å². The fourth-order valence-electron chi connectivity index (χ4n) is 3.57. The van der Waals surface area contributed by atoms with Crippen molar-refractivity contribution in [3.8, 4) is 5.75 Å². The molecule has 8 heteroatoms. The van der Waals surface area contributed by atoms with Gasteiger partial charge in [-0.2, -0.15) is 4.31 Å². The molecule has 0 bridgehead atoms. The topological polar surface area (TPSA) is 75.7 Å². The number of aryl methyl sites for hydroxylation is 1. The molecular weight excluding hydrogens is 383 g/mol. The van der Waals surface area contributed by atoms with E-state index in [1.807, 2.05) is 0 Å². The van der Waals surface area contributed by atoms with Crippen LogP contribution in [0.5, 0.6) is 5.75 Å². The Morgan fingerprint density at radius 2 is 1.75 bits per heavy atom. The number of nitrogens with one attached hydrogen (secondary N) is 1. The Balaban J connectivity index is 1.42. The number of piperidine rings is 1. The summed E-state index contributed by atoms with van der Waals surface area (Å²) in [7, 11) is -3.60. The Bertz CT molecular complexity index is 984. The number of fused-ring (bicyclic) bond motifs is 1. The van der Waals surface area contributed by atoms with E-state index in [4.69, 9.17) is 4.74 Å². The lowest BCUT2D eigenvalue weighted by atomic mass is 10.0. The minimum absolute atomic E-state index is 0.0497. The van der Waals surface area contributed by atoms with Crippen LogP contribution in [0.1, 0.15) is 24.8 Å². The molecule has 2 aliphatic heterocycles. The quantitative estimate of drug-likeness (QED) is 0.850. The van der Waals surface area contributed by atoms with Crippen LogP contribution in [0.3, 0.4) is 0 Å². The predicted octanol–water partition coefficient (Wildman–Crippen LogP) is 2.94. The summed E-state index contributed by atoms with van der Waals surface area (Å²) < 4.78 is 46.3. The maximum atomic E-state index is 13.0. The molecule has 6 nitrogen and oxygen atoms in total. The largest absolute Gasteiger partial charge is 0.490 e. The SMILES string of the molecule is O=C1CCc2cc(S(=O)(=O)N3CCC(Oc4ccc(F)cc4)CC3)ccc2N1. The predicted molar refractivity (Wildman–Crippen MR) is 102 cm³/mol. The van der Waals surface area contributed by atoms with Gasteiger partial charge in [-0.05, 0) is 67.3 Å². The second kappa shape index (κ2) is 7.52. The zero-order valence-electron chi connectivity index (χ0n) is 15.2. The number of carbonyl (C=O) groups is 1. The van der Waals surface area contributed by atoms with Gasteiger partial charge in [0.15, 0.2) is 0 Å². The average molecular weight is 404 g/mol. The number of hydrogen-bond acceptors (Lipinski definition) is 4. The lowest BCUT2D eigenvalue weighted by molar-refractivity contribution is -0.116. The van der Waals surface area contributed by atoms with E-state index in [2.05, 4.69) is 5.32 Å². The van der Waals surface area contributed by atoms with Gasteiger partial charge in [-0.3, -0.25) is 4.79 Å². The summed E-state index contributed by atoms with van der Waals surface area (Å²) in [6.45, 7) is 0.726. The lowest BCUT2D eigenvalue weighted by Crippen LogP contribution is -2.41. The van der Waals surface area contributed by atoms with E-state index in [9.17, 15) is 17.6 Å². The standard InChI is InChI=1S/C20H21FN2O4S/c21-15-2-4-16(5-3-15)27-17-9-11-23(12-10-17)28(25,26)18-6-7-19-14(13-18)1-8-20(24)22-19/h2-7,13,17H,1,8-12H2,(H,22,24). The van der Waals surface area contributed by atoms with Gasteiger partial charge in [-0.1, -0.05) is 0 Å². The Hall–Kier alpha value is -2.45. The van der Waals surface area contributed by atoms with Crippen molar-refractivity contribution >= 4 is 21.6 Å². The van der Waals surface area contributed by atoms with Crippen LogP contribution in [-0.2, 0) is 21.2 Å². The molecule has 28 heavy (non-hydrogen) atoms. The maximum Gasteiger partial charge on any atom is 0.243 e. The molecular formula is C20H21FN2O4S. The average Bonchev–Trinajstić information content (AvgIpc) is 2.69. The molecule has 2 aromatic rings. The van der Waals surface area contributed by atoms with Crippen LogP contribution >= 0.6 is 0 Å². The minimum Gasteiger partial charge on any atom is -0.490 e. The van der Waals surface area contributed by atoms with Gasteiger partial charge < -0.3 is 10.1 Å². The number of benzene rings is 2. The first-order valence-corrected chi connectivity index (χ1v) is 10.7. The minimum atomic E-state index is -3.60. The Labute approximate surface area is 163 Å². The van der Waals surface area contributed by atoms with Gasteiger partial charge in [-0.25, -0.2) is 12.8 Å². The number of rotatable bonds is 4. The summed E-state index contributed by atoms with van der Waals surface area (Å²) in [5, 5.41) is 2.76. The summed E-state index contributed by atoms with van der Waals surface area (Å²) in [4.78, 5) is 11.7. The van der Waals surface area contributed by atoms with E-state index in [0.29, 0.717) is 50.2 Å². The van der Waals surface area contributed by atoms with Gasteiger partial charge in [-0.15, -0.1) is 0 Å². The molecule has 2 heterocycles. The highest BCUT2D eigenvalue weighted by atomic mass is 32.2. The van der Waals surface area contributed by atoms with Crippen molar-refractivity contribution in [1.29, 1.82) is 0 Å². The van der Waals surface area contributed by atoms with Gasteiger partial charge in [0, 0.05) is 25.2 Å². The first kappa shape index (κ1) is 18.9. The van der Waals surface area contributed by atoms with Gasteiger partial charge in [0.25, 0.3) is 0 Å². The number of halogens is 1. The number of hydrogen-bond donors (Lipinski definition) is 1. The van der Waals surface area contributed by atoms with Gasteiger partial charge >= 0.3 is 0 Å². The Kier molecular flexibility index (Phi) is 5.07. The van der Waals surface area contributed by atoms with E-state index in [-0.39, 0.29) is 22.7 Å². The van der Waals surface area contributed by atoms with Crippen LogP contribution in [0, 0.1) is 5.82 Å². The molecule has 2 aromatic carbocycles. The fraction of sp³-hybridized carbons (Fsp3) is 0.350. The van der Waals surface area contributed by atoms with Crippen LogP contribution in [0.4, 0.5) is 10.1 Å². The van der Waals surface area contributed by atoms with E-state index in [0.717, 1.165) is 5.56 Å². The normalized spacial score (nSPS) is 18.4.